The molecule has 0 N–H and O–H groups in total. The van der Waals surface area contributed by atoms with Crippen LogP contribution < -0.4 is 58.8 Å². The minimum Gasteiger partial charge on any atom is -0.504 e. The van der Waals surface area contributed by atoms with Crippen LogP contribution in [0.15, 0.2) is 251 Å². The predicted octanol–water partition coefficient (Wildman–Crippen LogP) is 22.9. The fourth-order valence-corrected chi connectivity index (χ4v) is 16.5. The van der Waals surface area contributed by atoms with Gasteiger partial charge in [-0.1, -0.05) is 128 Å². The van der Waals surface area contributed by atoms with E-state index in [0.717, 1.165) is 101 Å². The van der Waals surface area contributed by atoms with Gasteiger partial charge in [-0.25, -0.2) is 0 Å². The van der Waals surface area contributed by atoms with Gasteiger partial charge in [0.1, 0.15) is 11.2 Å². The first kappa shape index (κ1) is 71.9. The van der Waals surface area contributed by atoms with E-state index in [1.165, 1.54) is 94.5 Å². The molecule has 0 spiro atoms. The van der Waals surface area contributed by atoms with Gasteiger partial charge in [0.2, 0.25) is 0 Å². The molecule has 0 saturated heterocycles. The summed E-state index contributed by atoms with van der Waals surface area (Å²) in [5, 5.41) is 12.0. The summed E-state index contributed by atoms with van der Waals surface area (Å²) >= 11 is 0. The molecule has 0 fully saturated rings. The molecule has 14 nitrogen and oxygen atoms in total. The average molecular weight is 1960 g/mol. The second-order valence-electron chi connectivity index (χ2n) is 28.6. The molecule has 0 aliphatic carbocycles. The van der Waals surface area contributed by atoms with Gasteiger partial charge < -0.3 is 67.6 Å². The summed E-state index contributed by atoms with van der Waals surface area (Å²) in [6.45, 7) is 19.3. The molecule has 0 radical (unpaired) electrons. The number of hydrogen-bond donors (Lipinski definition) is 0. The Morgan fingerprint density at radius 2 is 0.555 bits per heavy atom. The van der Waals surface area contributed by atoms with E-state index in [-0.39, 0.29) is 59.4 Å². The second kappa shape index (κ2) is 28.1. The molecular weight excluding hydrogens is 1890 g/mol. The summed E-state index contributed by atoms with van der Waals surface area (Å²) in [5.41, 5.74) is 27.3. The maximum absolute atomic E-state index is 6.34. The third-order valence-corrected chi connectivity index (χ3v) is 21.7. The molecule has 6 aliphatic rings. The van der Waals surface area contributed by atoms with Crippen LogP contribution >= 0.6 is 0 Å². The van der Waals surface area contributed by atoms with Crippen LogP contribution in [0.4, 0.5) is 102 Å². The molecule has 550 valence electrons. The topological polar surface area (TPSA) is 65.2 Å². The van der Waals surface area contributed by atoms with Gasteiger partial charge in [0, 0.05) is 149 Å². The van der Waals surface area contributed by atoms with Crippen molar-refractivity contribution in [2.75, 3.05) is 101 Å². The quantitative estimate of drug-likeness (QED) is 0.148. The van der Waals surface area contributed by atoms with Crippen LogP contribution in [0.3, 0.4) is 0 Å². The fourth-order valence-electron chi connectivity index (χ4n) is 16.5. The van der Waals surface area contributed by atoms with E-state index in [1.807, 2.05) is 24.3 Å². The van der Waals surface area contributed by atoms with Crippen LogP contribution in [0.2, 0.25) is 0 Å². The maximum atomic E-state index is 6.34. The smallest absolute Gasteiger partial charge is 0.158 e. The van der Waals surface area contributed by atoms with Crippen molar-refractivity contribution in [3.63, 3.8) is 0 Å². The molecule has 2 aromatic heterocycles. The van der Waals surface area contributed by atoms with Gasteiger partial charge in [-0.2, -0.15) is 57.7 Å². The predicted molar refractivity (Wildman–Crippen MR) is 445 cm³/mol. The molecule has 110 heavy (non-hydrogen) atoms. The van der Waals surface area contributed by atoms with Gasteiger partial charge in [0.25, 0.3) is 0 Å². The number of fused-ring (bicyclic) bond motifs is 19. The van der Waals surface area contributed by atoms with Crippen molar-refractivity contribution in [3.8, 4) is 0 Å². The fraction of sp³-hybridized carbons (Fsp3) is 0.0968. The van der Waals surface area contributed by atoms with Crippen molar-refractivity contribution in [2.24, 2.45) is 0 Å². The number of nitrogens with zero attached hydrogens (tertiary/aromatic N) is 12. The minimum atomic E-state index is 0. The van der Waals surface area contributed by atoms with Crippen molar-refractivity contribution in [2.45, 2.75) is 20.8 Å². The minimum absolute atomic E-state index is 0. The first-order valence-corrected chi connectivity index (χ1v) is 36.1. The largest absolute Gasteiger partial charge is 0.504 e. The summed E-state index contributed by atoms with van der Waals surface area (Å²) < 4.78 is 12.7. The molecule has 17 heteroatoms. The molecule has 6 aliphatic heterocycles. The Morgan fingerprint density at radius 1 is 0.245 bits per heavy atom. The van der Waals surface area contributed by atoms with Crippen molar-refractivity contribution < 1.29 is 68.2 Å². The number of rotatable bonds is 6. The van der Waals surface area contributed by atoms with E-state index < -0.39 is 0 Å². The summed E-state index contributed by atoms with van der Waals surface area (Å²) in [6.07, 6.45) is 0. The average Bonchev–Trinajstić information content (AvgIpc) is 1.59. The maximum Gasteiger partial charge on any atom is 0.158 e. The molecule has 14 aromatic carbocycles. The van der Waals surface area contributed by atoms with Crippen molar-refractivity contribution in [1.82, 2.24) is 0 Å². The van der Waals surface area contributed by atoms with E-state index in [1.54, 1.807) is 0 Å². The summed E-state index contributed by atoms with van der Waals surface area (Å²) in [6, 6.07) is 96.7. The third-order valence-electron chi connectivity index (χ3n) is 21.7. The van der Waals surface area contributed by atoms with Gasteiger partial charge in [0.05, 0.1) is 11.4 Å². The number of anilines is 18. The van der Waals surface area contributed by atoms with Gasteiger partial charge in [0.15, 0.2) is 11.2 Å². The standard InChI is InChI=1S/C34H23N4O2.C30H23N4.C29H27N4.3Os/c1-35-19-37(27-16-14-25-23-10-3-5-12-29(23)39-33(25)31(27)35)21-8-7-9-22(18-21)38-20-36(2)32-28(38)17-15-26-24-11-4-6-13-30(24)40-34(26)32;1-31-19-33(27-16-14-21-8-3-5-12-25(21)29(27)31)23-10-7-11-24(18-23)34-20-32(2)30-26-13-6-4-9-22(26)15-17-28(30)34;1-19-10-24(32-17-30(4)26-12-20(2)21(3)13-28(26)32)16-25(11-19)33-18-31(5)27-14-22-8-6-7-9-23(22)15-29(27)33;;;/h3-17,19-20H,1-2H3;3-17,19-20H,1-2H3;6-15,17-18H,1-5H3;;;/q3*-3;;;. The molecular formula is C93H73N12O2Os3-9. The molecule has 0 bridgehead atoms. The first-order valence-electron chi connectivity index (χ1n) is 36.1. The van der Waals surface area contributed by atoms with Crippen molar-refractivity contribution in [1.29, 1.82) is 0 Å². The van der Waals surface area contributed by atoms with E-state index in [4.69, 9.17) is 8.83 Å². The molecule has 0 amide bonds. The Labute approximate surface area is 680 Å². The number of aryl methyl sites for hydroxylation is 3. The van der Waals surface area contributed by atoms with Gasteiger partial charge >= 0.3 is 0 Å². The SMILES string of the molecule is CN1[CH-]N(c2[c-]c(N3[CH-]N(C)c4c3ccc3c4oc4ccccc43)ccc2)c2ccc3c(oc4ccccc43)c21.CN1[CH-]N(c2[c-]c(N3[CH-]N(C)c4c3ccc3ccccc43)ccc2)c2ccc3ccccc3c21.Cc1cc(N2[CH-]N(C)c3cc(C)c(C)cc32)[c-]c(N2[CH-]N(C)c3cc4ccccc4cc32)c1.[Os].[Os].[Os]. The van der Waals surface area contributed by atoms with Crippen molar-refractivity contribution in [3.05, 3.63) is 318 Å². The third kappa shape index (κ3) is 11.7. The number of hydrogen-bond acceptors (Lipinski definition) is 14. The van der Waals surface area contributed by atoms with Crippen LogP contribution in [0, 0.1) is 79.0 Å². The van der Waals surface area contributed by atoms with Crippen LogP contribution in [0.1, 0.15) is 16.7 Å². The molecule has 0 saturated carbocycles. The Bertz CT molecular complexity index is 6080. The van der Waals surface area contributed by atoms with Gasteiger partial charge in [-0.05, 0) is 162 Å². The summed E-state index contributed by atoms with van der Waals surface area (Å²) in [4.78, 5) is 26.4. The number of furan rings is 2. The monoisotopic (exact) mass is 1970 g/mol. The van der Waals surface area contributed by atoms with Crippen LogP contribution in [0.5, 0.6) is 0 Å². The Kier molecular flexibility index (Phi) is 18.4. The zero-order valence-electron chi connectivity index (χ0n) is 61.8. The van der Waals surface area contributed by atoms with Crippen LogP contribution in [-0.4, -0.2) is 42.3 Å². The summed E-state index contributed by atoms with van der Waals surface area (Å²) in [5.74, 6) is 0. The number of para-hydroxylation sites is 2. The Hall–Kier alpha value is -11.0. The van der Waals surface area contributed by atoms with E-state index in [9.17, 15) is 0 Å². The first-order chi connectivity index (χ1) is 52.2. The molecule has 22 rings (SSSR count). The van der Waals surface area contributed by atoms with Gasteiger partial charge in [-0.15, -0.1) is 88.7 Å². The van der Waals surface area contributed by atoms with Crippen LogP contribution in [0.25, 0.3) is 76.2 Å². The molecule has 8 heterocycles. The second-order valence-corrected chi connectivity index (χ2v) is 28.6. The zero-order valence-corrected chi connectivity index (χ0v) is 69.4. The molecule has 0 unspecified atom stereocenters. The van der Waals surface area contributed by atoms with E-state index >= 15 is 0 Å². The molecule has 16 aromatic rings. The van der Waals surface area contributed by atoms with E-state index in [0.29, 0.717) is 0 Å². The number of benzene rings is 14. The Balaban J connectivity index is 0.000000119. The van der Waals surface area contributed by atoms with E-state index in [2.05, 4.69) is 398 Å². The van der Waals surface area contributed by atoms with Crippen LogP contribution in [-0.2, 0) is 59.4 Å². The normalized spacial score (nSPS) is 14.5. The summed E-state index contributed by atoms with van der Waals surface area (Å²) in [7, 11) is 12.6. The van der Waals surface area contributed by atoms with Gasteiger partial charge in [-0.3, -0.25) is 0 Å². The Morgan fingerprint density at radius 3 is 0.991 bits per heavy atom. The van der Waals surface area contributed by atoms with Crippen molar-refractivity contribution >= 4 is 179 Å². The molecule has 0 atom stereocenters. The zero-order chi connectivity index (χ0) is 72.2.